The van der Waals surface area contributed by atoms with Crippen LogP contribution in [0.4, 0.5) is 27.9 Å². The van der Waals surface area contributed by atoms with Crippen LogP contribution < -0.4 is 27.0 Å². The molecule has 6 N–H and O–H groups in total. The zero-order valence-electron chi connectivity index (χ0n) is 24.6. The molecule has 232 valence electrons. The lowest BCUT2D eigenvalue weighted by atomic mass is 9.89. The van der Waals surface area contributed by atoms with Gasteiger partial charge in [-0.15, -0.1) is 0 Å². The number of hydrogen-bond donors (Lipinski definition) is 5. The summed E-state index contributed by atoms with van der Waals surface area (Å²) in [7, 11) is 0. The van der Waals surface area contributed by atoms with E-state index in [1.54, 1.807) is 18.2 Å². The lowest BCUT2D eigenvalue weighted by Gasteiger charge is -2.21. The van der Waals surface area contributed by atoms with E-state index in [1.165, 1.54) is 38.2 Å². The first-order valence-electron chi connectivity index (χ1n) is 15.0. The average molecular weight is 595 g/mol. The number of hydrogen-bond acceptors (Lipinski definition) is 10. The van der Waals surface area contributed by atoms with Gasteiger partial charge >= 0.3 is 0 Å². The second-order valence-corrected chi connectivity index (χ2v) is 10.5. The molecule has 1 saturated carbocycles. The highest BCUT2D eigenvalue weighted by molar-refractivity contribution is 5.78. The van der Waals surface area contributed by atoms with Gasteiger partial charge in [-0.25, -0.2) is 4.39 Å². The second-order valence-electron chi connectivity index (χ2n) is 10.5. The molecule has 2 aromatic carbocycles. The van der Waals surface area contributed by atoms with Gasteiger partial charge in [-0.3, -0.25) is 4.79 Å². The molecule has 1 aliphatic carbocycles. The first kappa shape index (κ1) is 32.1. The first-order valence-corrected chi connectivity index (χ1v) is 15.0. The molecule has 0 radical (unpaired) electrons. The van der Waals surface area contributed by atoms with Crippen LogP contribution in [0, 0.1) is 11.7 Å². The Kier molecular flexibility index (Phi) is 13.4. The highest BCUT2D eigenvalue weighted by Crippen LogP contribution is 2.24. The van der Waals surface area contributed by atoms with Crippen LogP contribution >= 0.6 is 0 Å². The smallest absolute Gasteiger partial charge is 0.233 e. The van der Waals surface area contributed by atoms with E-state index in [9.17, 15) is 9.18 Å². The Morgan fingerprint density at radius 1 is 0.860 bits per heavy atom. The van der Waals surface area contributed by atoms with Crippen molar-refractivity contribution in [3.05, 3.63) is 65.5 Å². The predicted molar refractivity (Wildman–Crippen MR) is 166 cm³/mol. The number of nitrogens with one attached hydrogen (secondary N) is 4. The molecular formula is C31H43FN8O3. The molecule has 0 spiro atoms. The summed E-state index contributed by atoms with van der Waals surface area (Å²) >= 11 is 0. The van der Waals surface area contributed by atoms with E-state index in [2.05, 4.69) is 36.2 Å². The predicted octanol–water partition coefficient (Wildman–Crippen LogP) is 4.01. The van der Waals surface area contributed by atoms with E-state index in [0.717, 1.165) is 17.8 Å². The second kappa shape index (κ2) is 17.9. The Hall–Kier alpha value is -3.87. The zero-order valence-corrected chi connectivity index (χ0v) is 24.6. The molecule has 1 heterocycles. The number of amides is 1. The van der Waals surface area contributed by atoms with E-state index in [4.69, 9.17) is 15.2 Å². The van der Waals surface area contributed by atoms with Gasteiger partial charge in [-0.2, -0.15) is 15.0 Å². The Morgan fingerprint density at radius 2 is 1.56 bits per heavy atom. The van der Waals surface area contributed by atoms with Crippen molar-refractivity contribution >= 4 is 29.4 Å². The number of carbonyl (C=O) groups is 1. The number of ether oxygens (including phenoxy) is 2. The van der Waals surface area contributed by atoms with Crippen molar-refractivity contribution < 1.29 is 18.7 Å². The van der Waals surface area contributed by atoms with Crippen LogP contribution in [0.1, 0.15) is 43.2 Å². The van der Waals surface area contributed by atoms with Gasteiger partial charge in [0.25, 0.3) is 0 Å². The Balaban J connectivity index is 1.31. The molecule has 1 fully saturated rings. The molecule has 0 bridgehead atoms. The Bertz CT molecular complexity index is 1260. The molecule has 1 amide bonds. The lowest BCUT2D eigenvalue weighted by molar-refractivity contribution is -0.120. The minimum absolute atomic E-state index is 0.0830. The number of carbonyl (C=O) groups excluding carboxylic acids is 1. The molecule has 3 aromatic rings. The fourth-order valence-corrected chi connectivity index (χ4v) is 4.78. The number of rotatable bonds is 18. The SMILES string of the molecule is NCCOCCOCCNC(=O)Cc1ccc(Nc2nc(NCc3ccccc3F)nc(NCC3CCCCC3)n2)cc1. The number of benzene rings is 2. The van der Waals surface area contributed by atoms with Crippen molar-refractivity contribution in [1.29, 1.82) is 0 Å². The molecule has 11 nitrogen and oxygen atoms in total. The maximum atomic E-state index is 14.2. The van der Waals surface area contributed by atoms with E-state index in [-0.39, 0.29) is 24.7 Å². The molecule has 43 heavy (non-hydrogen) atoms. The van der Waals surface area contributed by atoms with E-state index >= 15 is 0 Å². The van der Waals surface area contributed by atoms with Gasteiger partial charge in [0.05, 0.1) is 32.8 Å². The van der Waals surface area contributed by atoms with Gasteiger partial charge in [0.15, 0.2) is 0 Å². The van der Waals surface area contributed by atoms with Crippen LogP contribution in [0.3, 0.4) is 0 Å². The fourth-order valence-electron chi connectivity index (χ4n) is 4.78. The summed E-state index contributed by atoms with van der Waals surface area (Å²) in [4.78, 5) is 25.9. The normalized spacial score (nSPS) is 13.4. The average Bonchev–Trinajstić information content (AvgIpc) is 3.02. The van der Waals surface area contributed by atoms with E-state index in [0.29, 0.717) is 68.8 Å². The molecule has 1 aromatic heterocycles. The monoisotopic (exact) mass is 594 g/mol. The summed E-state index contributed by atoms with van der Waals surface area (Å²) in [6, 6.07) is 14.1. The van der Waals surface area contributed by atoms with Crippen molar-refractivity contribution in [1.82, 2.24) is 20.3 Å². The van der Waals surface area contributed by atoms with Crippen LogP contribution in [-0.2, 0) is 27.2 Å². The summed E-state index contributed by atoms with van der Waals surface area (Å²) in [6.45, 7) is 3.83. The number of nitrogens with two attached hydrogens (primary N) is 1. The number of nitrogens with zero attached hydrogens (tertiary/aromatic N) is 3. The summed E-state index contributed by atoms with van der Waals surface area (Å²) in [6.07, 6.45) is 6.46. The highest BCUT2D eigenvalue weighted by Gasteiger charge is 2.15. The number of halogens is 1. The standard InChI is InChI=1S/C31H43FN8O3/c32-27-9-5-4-8-25(27)22-36-30-38-29(35-21-24-6-2-1-3-7-24)39-31(40-30)37-26-12-10-23(11-13-26)20-28(41)34-15-17-43-19-18-42-16-14-33/h4-5,8-13,24H,1-3,6-7,14-22,33H2,(H,34,41)(H3,35,36,37,38,39,40). The number of anilines is 4. The van der Waals surface area contributed by atoms with Crippen LogP contribution in [-0.4, -0.2) is 66.9 Å². The van der Waals surface area contributed by atoms with Gasteiger partial charge in [0, 0.05) is 37.4 Å². The maximum Gasteiger partial charge on any atom is 0.233 e. The molecule has 0 atom stereocenters. The minimum Gasteiger partial charge on any atom is -0.378 e. The van der Waals surface area contributed by atoms with Crippen molar-refractivity contribution in [2.45, 2.75) is 45.1 Å². The summed E-state index contributed by atoms with van der Waals surface area (Å²) in [5, 5.41) is 12.6. The topological polar surface area (TPSA) is 148 Å². The van der Waals surface area contributed by atoms with Gasteiger partial charge < -0.3 is 36.5 Å². The third-order valence-corrected chi connectivity index (χ3v) is 7.08. The quantitative estimate of drug-likeness (QED) is 0.137. The third kappa shape index (κ3) is 11.7. The van der Waals surface area contributed by atoms with Crippen molar-refractivity contribution in [2.24, 2.45) is 11.7 Å². The van der Waals surface area contributed by atoms with Gasteiger partial charge in [0.1, 0.15) is 5.82 Å². The summed E-state index contributed by atoms with van der Waals surface area (Å²) < 4.78 is 24.8. The van der Waals surface area contributed by atoms with Crippen molar-refractivity contribution in [3.8, 4) is 0 Å². The van der Waals surface area contributed by atoms with Crippen LogP contribution in [0.5, 0.6) is 0 Å². The third-order valence-electron chi connectivity index (χ3n) is 7.08. The maximum absolute atomic E-state index is 14.2. The van der Waals surface area contributed by atoms with Crippen molar-refractivity contribution in [2.75, 3.05) is 62.0 Å². The molecule has 0 saturated heterocycles. The van der Waals surface area contributed by atoms with Crippen LogP contribution in [0.2, 0.25) is 0 Å². The van der Waals surface area contributed by atoms with Gasteiger partial charge in [-0.05, 0) is 42.5 Å². The first-order chi connectivity index (χ1) is 21.1. The fraction of sp³-hybridized carbons (Fsp3) is 0.484. The number of aromatic nitrogens is 3. The summed E-state index contributed by atoms with van der Waals surface area (Å²) in [5.41, 5.74) is 7.52. The van der Waals surface area contributed by atoms with Gasteiger partial charge in [-0.1, -0.05) is 49.6 Å². The molecular weight excluding hydrogens is 551 g/mol. The Labute approximate surface area is 252 Å². The largest absolute Gasteiger partial charge is 0.378 e. The molecule has 0 aliphatic heterocycles. The highest BCUT2D eigenvalue weighted by atomic mass is 19.1. The van der Waals surface area contributed by atoms with Crippen molar-refractivity contribution in [3.63, 3.8) is 0 Å². The molecule has 4 rings (SSSR count). The van der Waals surface area contributed by atoms with Crippen LogP contribution in [0.25, 0.3) is 0 Å². The van der Waals surface area contributed by atoms with E-state index < -0.39 is 0 Å². The van der Waals surface area contributed by atoms with Gasteiger partial charge in [0.2, 0.25) is 23.8 Å². The van der Waals surface area contributed by atoms with E-state index in [1.807, 2.05) is 24.3 Å². The Morgan fingerprint density at radius 3 is 2.30 bits per heavy atom. The molecule has 12 heteroatoms. The molecule has 0 unspecified atom stereocenters. The molecule has 1 aliphatic rings. The minimum atomic E-state index is -0.288. The van der Waals surface area contributed by atoms with Crippen LogP contribution in [0.15, 0.2) is 48.5 Å². The lowest BCUT2D eigenvalue weighted by Crippen LogP contribution is -2.29. The zero-order chi connectivity index (χ0) is 30.1. The summed E-state index contributed by atoms with van der Waals surface area (Å²) in [5.74, 6) is 1.38.